The molecule has 1 unspecified atom stereocenters. The van der Waals surface area contributed by atoms with E-state index in [9.17, 15) is 0 Å². The molecule has 0 aliphatic carbocycles. The Hall–Kier alpha value is -1.13. The van der Waals surface area contributed by atoms with Crippen molar-refractivity contribution < 1.29 is 0 Å². The molecular weight excluding hydrogens is 248 g/mol. The number of aromatic nitrogens is 1. The van der Waals surface area contributed by atoms with Gasteiger partial charge >= 0.3 is 0 Å². The molecule has 1 atom stereocenters. The number of nitrogens with one attached hydrogen (secondary N) is 1. The van der Waals surface area contributed by atoms with Crippen molar-refractivity contribution in [2.24, 2.45) is 0 Å². The molecule has 1 aromatic heterocycles. The van der Waals surface area contributed by atoms with Crippen LogP contribution in [0.15, 0.2) is 12.1 Å². The lowest BCUT2D eigenvalue weighted by Crippen LogP contribution is -2.50. The first-order valence-electron chi connectivity index (χ1n) is 7.73. The first-order valence-corrected chi connectivity index (χ1v) is 7.73. The first kappa shape index (κ1) is 15.3. The maximum Gasteiger partial charge on any atom is 0.129 e. The normalized spacial score (nSPS) is 20.4. The van der Waals surface area contributed by atoms with E-state index in [0.29, 0.717) is 6.04 Å². The molecule has 0 saturated carbocycles. The van der Waals surface area contributed by atoms with E-state index in [1.165, 1.54) is 11.3 Å². The zero-order valence-electron chi connectivity index (χ0n) is 13.3. The highest BCUT2D eigenvalue weighted by Crippen LogP contribution is 2.21. The van der Waals surface area contributed by atoms with Gasteiger partial charge in [0, 0.05) is 37.9 Å². The van der Waals surface area contributed by atoms with Gasteiger partial charge in [0.25, 0.3) is 0 Å². The van der Waals surface area contributed by atoms with Crippen molar-refractivity contribution in [3.8, 4) is 0 Å². The molecule has 0 bridgehead atoms. The van der Waals surface area contributed by atoms with Crippen molar-refractivity contribution in [1.29, 1.82) is 0 Å². The maximum absolute atomic E-state index is 4.88. The minimum Gasteiger partial charge on any atom is -0.351 e. The molecule has 0 spiro atoms. The molecule has 4 heteroatoms. The number of hydrogen-bond acceptors (Lipinski definition) is 4. The number of hydrogen-bond donors (Lipinski definition) is 1. The summed E-state index contributed by atoms with van der Waals surface area (Å²) in [7, 11) is 4.19. The van der Waals surface area contributed by atoms with Crippen LogP contribution in [0.25, 0.3) is 0 Å². The van der Waals surface area contributed by atoms with Gasteiger partial charge in [0.05, 0.1) is 0 Å². The molecule has 1 aliphatic rings. The molecule has 1 saturated heterocycles. The zero-order chi connectivity index (χ0) is 14.5. The second-order valence-electron chi connectivity index (χ2n) is 5.91. The first-order chi connectivity index (χ1) is 9.63. The van der Waals surface area contributed by atoms with Crippen molar-refractivity contribution in [2.45, 2.75) is 39.3 Å². The second-order valence-corrected chi connectivity index (χ2v) is 5.91. The minimum absolute atomic E-state index is 0.528. The molecule has 0 aromatic carbocycles. The van der Waals surface area contributed by atoms with Crippen LogP contribution >= 0.6 is 0 Å². The summed E-state index contributed by atoms with van der Waals surface area (Å²) >= 11 is 0. The summed E-state index contributed by atoms with van der Waals surface area (Å²) in [6.45, 7) is 8.71. The summed E-state index contributed by atoms with van der Waals surface area (Å²) in [4.78, 5) is 9.74. The van der Waals surface area contributed by atoms with Gasteiger partial charge in [-0.1, -0.05) is 13.3 Å². The zero-order valence-corrected chi connectivity index (χ0v) is 13.3. The lowest BCUT2D eigenvalue weighted by molar-refractivity contribution is 0.274. The average Bonchev–Trinajstić information content (AvgIpc) is 2.39. The highest BCUT2D eigenvalue weighted by atomic mass is 15.3. The highest BCUT2D eigenvalue weighted by molar-refractivity contribution is 5.44. The van der Waals surface area contributed by atoms with Crippen LogP contribution < -0.4 is 10.2 Å². The van der Waals surface area contributed by atoms with Gasteiger partial charge in [0.1, 0.15) is 5.82 Å². The third-order valence-corrected chi connectivity index (χ3v) is 3.94. The topological polar surface area (TPSA) is 31.4 Å². The van der Waals surface area contributed by atoms with Crippen LogP contribution in [0.3, 0.4) is 0 Å². The predicted octanol–water partition coefficient (Wildman–Crippen LogP) is 1.89. The lowest BCUT2D eigenvalue weighted by atomic mass is 10.1. The van der Waals surface area contributed by atoms with E-state index in [2.05, 4.69) is 48.1 Å². The molecule has 0 radical (unpaired) electrons. The fourth-order valence-electron chi connectivity index (χ4n) is 2.95. The molecule has 2 heterocycles. The summed E-state index contributed by atoms with van der Waals surface area (Å²) in [5, 5.41) is 3.25. The molecule has 1 aliphatic heterocycles. The van der Waals surface area contributed by atoms with Crippen LogP contribution in [-0.2, 0) is 13.0 Å². The number of nitrogens with zero attached hydrogens (tertiary/aromatic N) is 3. The van der Waals surface area contributed by atoms with Crippen molar-refractivity contribution in [2.75, 3.05) is 38.6 Å². The molecule has 1 aromatic rings. The maximum atomic E-state index is 4.88. The smallest absolute Gasteiger partial charge is 0.129 e. The molecule has 20 heavy (non-hydrogen) atoms. The van der Waals surface area contributed by atoms with E-state index in [-0.39, 0.29) is 0 Å². The van der Waals surface area contributed by atoms with Gasteiger partial charge in [-0.3, -0.25) is 0 Å². The third kappa shape index (κ3) is 3.70. The Morgan fingerprint density at radius 2 is 2.15 bits per heavy atom. The van der Waals surface area contributed by atoms with Crippen LogP contribution in [0.1, 0.15) is 31.5 Å². The summed E-state index contributed by atoms with van der Waals surface area (Å²) in [5.41, 5.74) is 2.56. The number of rotatable bonds is 5. The van der Waals surface area contributed by atoms with E-state index >= 15 is 0 Å². The standard InChI is InChI=1S/C16H28N4/c1-5-6-15-9-14(11-17-3)10-16(18-15)20-8-7-19(4)12-13(20)2/h9-10,13,17H,5-8,11-12H2,1-4H3. The van der Waals surface area contributed by atoms with Crippen molar-refractivity contribution in [3.05, 3.63) is 23.4 Å². The van der Waals surface area contributed by atoms with Crippen molar-refractivity contribution >= 4 is 5.82 Å². The van der Waals surface area contributed by atoms with E-state index in [1.807, 2.05) is 7.05 Å². The predicted molar refractivity (Wildman–Crippen MR) is 85.3 cm³/mol. The summed E-state index contributed by atoms with van der Waals surface area (Å²) in [6.07, 6.45) is 2.21. The molecule has 2 rings (SSSR count). The molecular formula is C16H28N4. The molecule has 112 valence electrons. The Balaban J connectivity index is 2.24. The number of likely N-dealkylation sites (N-methyl/N-ethyl adjacent to an activating group) is 1. The van der Waals surface area contributed by atoms with Crippen LogP contribution in [0, 0.1) is 0 Å². The summed E-state index contributed by atoms with van der Waals surface area (Å²) < 4.78 is 0. The average molecular weight is 276 g/mol. The number of anilines is 1. The van der Waals surface area contributed by atoms with Crippen LogP contribution in [0.4, 0.5) is 5.82 Å². The molecule has 1 fully saturated rings. The second kappa shape index (κ2) is 7.04. The molecule has 1 N–H and O–H groups in total. The van der Waals surface area contributed by atoms with Crippen LogP contribution in [-0.4, -0.2) is 49.7 Å². The fraction of sp³-hybridized carbons (Fsp3) is 0.688. The van der Waals surface area contributed by atoms with E-state index < -0.39 is 0 Å². The van der Waals surface area contributed by atoms with Crippen LogP contribution in [0.2, 0.25) is 0 Å². The minimum atomic E-state index is 0.528. The van der Waals surface area contributed by atoms with Gasteiger partial charge in [-0.05, 0) is 45.1 Å². The Bertz CT molecular complexity index is 408. The largest absolute Gasteiger partial charge is 0.351 e. The Morgan fingerprint density at radius 3 is 2.80 bits per heavy atom. The fourth-order valence-corrected chi connectivity index (χ4v) is 2.95. The van der Waals surface area contributed by atoms with Gasteiger partial charge in [0.2, 0.25) is 0 Å². The van der Waals surface area contributed by atoms with E-state index in [1.54, 1.807) is 0 Å². The number of aryl methyl sites for hydroxylation is 1. The van der Waals surface area contributed by atoms with Gasteiger partial charge in [-0.15, -0.1) is 0 Å². The van der Waals surface area contributed by atoms with E-state index in [4.69, 9.17) is 4.98 Å². The Kier molecular flexibility index (Phi) is 5.38. The third-order valence-electron chi connectivity index (χ3n) is 3.94. The van der Waals surface area contributed by atoms with Gasteiger partial charge in [-0.25, -0.2) is 4.98 Å². The van der Waals surface area contributed by atoms with Crippen molar-refractivity contribution in [3.63, 3.8) is 0 Å². The monoisotopic (exact) mass is 276 g/mol. The molecule has 0 amide bonds. The molecule has 4 nitrogen and oxygen atoms in total. The summed E-state index contributed by atoms with van der Waals surface area (Å²) in [5.74, 6) is 1.15. The number of pyridine rings is 1. The van der Waals surface area contributed by atoms with Gasteiger partial charge < -0.3 is 15.1 Å². The van der Waals surface area contributed by atoms with Crippen molar-refractivity contribution in [1.82, 2.24) is 15.2 Å². The Morgan fingerprint density at radius 1 is 1.35 bits per heavy atom. The summed E-state index contributed by atoms with van der Waals surface area (Å²) in [6, 6.07) is 5.02. The van der Waals surface area contributed by atoms with Crippen LogP contribution in [0.5, 0.6) is 0 Å². The van der Waals surface area contributed by atoms with Gasteiger partial charge in [0.15, 0.2) is 0 Å². The SMILES string of the molecule is CCCc1cc(CNC)cc(N2CCN(C)CC2C)n1. The number of piperazine rings is 1. The highest BCUT2D eigenvalue weighted by Gasteiger charge is 2.23. The van der Waals surface area contributed by atoms with E-state index in [0.717, 1.165) is 44.8 Å². The van der Waals surface area contributed by atoms with Gasteiger partial charge in [-0.2, -0.15) is 0 Å². The lowest BCUT2D eigenvalue weighted by Gasteiger charge is -2.39. The Labute approximate surface area is 123 Å². The quantitative estimate of drug-likeness (QED) is 0.890.